The van der Waals surface area contributed by atoms with Gasteiger partial charge in [-0.3, -0.25) is 0 Å². The van der Waals surface area contributed by atoms with Crippen molar-refractivity contribution >= 4 is 57.4 Å². The fourth-order valence-electron chi connectivity index (χ4n) is 5.57. The molecule has 4 aromatic carbocycles. The highest BCUT2D eigenvalue weighted by Gasteiger charge is 2.38. The lowest BCUT2D eigenvalue weighted by atomic mass is 9.91. The van der Waals surface area contributed by atoms with Crippen LogP contribution in [0.2, 0.25) is 0 Å². The molecule has 0 radical (unpaired) electrons. The van der Waals surface area contributed by atoms with Crippen LogP contribution in [0.25, 0.3) is 11.1 Å². The Bertz CT molecular complexity index is 1860. The number of anilines is 4. The van der Waals surface area contributed by atoms with Crippen LogP contribution in [0.5, 0.6) is 0 Å². The maximum atomic E-state index is 13.6. The van der Waals surface area contributed by atoms with Gasteiger partial charge in [0.05, 0.1) is 22.3 Å². The van der Waals surface area contributed by atoms with Crippen LogP contribution in [0.15, 0.2) is 72.8 Å². The van der Waals surface area contributed by atoms with Crippen molar-refractivity contribution in [2.45, 2.75) is 37.8 Å². The van der Waals surface area contributed by atoms with Gasteiger partial charge in [0.25, 0.3) is 0 Å². The molecule has 0 spiro atoms. The topological polar surface area (TPSA) is 54.6 Å². The zero-order valence-electron chi connectivity index (χ0n) is 29.6. The molecule has 0 saturated heterocycles. The maximum Gasteiger partial charge on any atom is 0.416 e. The molecule has 0 unspecified atom stereocenters. The van der Waals surface area contributed by atoms with E-state index in [-0.39, 0.29) is 46.8 Å². The average Bonchev–Trinajstić information content (AvgIpc) is 3.03. The Balaban J connectivity index is 1.82. The van der Waals surface area contributed by atoms with Gasteiger partial charge in [-0.25, -0.2) is 0 Å². The largest absolute Gasteiger partial charge is 0.416 e. The molecular weight excluding hydrogens is 809 g/mol. The minimum absolute atomic E-state index is 0.0255. The Morgan fingerprint density at radius 3 is 1.00 bits per heavy atom. The van der Waals surface area contributed by atoms with E-state index in [4.69, 9.17) is 24.4 Å². The predicted octanol–water partition coefficient (Wildman–Crippen LogP) is 11.2. The van der Waals surface area contributed by atoms with Gasteiger partial charge in [-0.2, -0.15) is 52.7 Å². The Morgan fingerprint density at radius 1 is 0.464 bits per heavy atom. The zero-order valence-corrected chi connectivity index (χ0v) is 31.2. The Labute approximate surface area is 323 Å². The van der Waals surface area contributed by atoms with Crippen molar-refractivity contribution < 1.29 is 52.7 Å². The summed E-state index contributed by atoms with van der Waals surface area (Å²) in [5.74, 6) is 0. The van der Waals surface area contributed by atoms with Crippen molar-refractivity contribution in [2.24, 2.45) is 0 Å². The number of nitrogens with one attached hydrogen (secondary N) is 4. The number of benzene rings is 4. The predicted molar refractivity (Wildman–Crippen MR) is 199 cm³/mol. The minimum Gasteiger partial charge on any atom is -0.332 e. The Kier molecular flexibility index (Phi) is 13.2. The van der Waals surface area contributed by atoms with Gasteiger partial charge in [-0.05, 0) is 112 Å². The summed E-state index contributed by atoms with van der Waals surface area (Å²) >= 11 is 10.7. The molecule has 0 aliphatic heterocycles. The van der Waals surface area contributed by atoms with Gasteiger partial charge in [-0.15, -0.1) is 0 Å². The summed E-state index contributed by atoms with van der Waals surface area (Å²) in [5.41, 5.74) is -4.92. The summed E-state index contributed by atoms with van der Waals surface area (Å²) in [6.45, 7) is 0.549. The number of hydrogen-bond acceptors (Lipinski definition) is 4. The highest BCUT2D eigenvalue weighted by molar-refractivity contribution is 7.81. The third-order valence-electron chi connectivity index (χ3n) is 7.71. The van der Waals surface area contributed by atoms with Gasteiger partial charge in [-0.1, -0.05) is 24.3 Å². The SMILES string of the molecule is CN(C)Cc1cccc(NC(=S)Nc2cc(C(F)(F)F)cc(C(F)(F)F)c2)c1-c1c(CN(C)C)cccc1NC(=S)Nc1cc(C(F)(F)F)cc(C(F)(F)F)c1. The quantitative estimate of drug-likeness (QED) is 0.0982. The lowest BCUT2D eigenvalue weighted by molar-refractivity contribution is -0.144. The van der Waals surface area contributed by atoms with Crippen molar-refractivity contribution in [3.63, 3.8) is 0 Å². The lowest BCUT2D eigenvalue weighted by Crippen LogP contribution is -2.23. The molecule has 0 amide bonds. The third kappa shape index (κ3) is 11.7. The molecule has 0 fully saturated rings. The number of alkyl halides is 12. The molecule has 4 rings (SSSR count). The number of halogens is 12. The first-order valence-corrected chi connectivity index (χ1v) is 16.8. The minimum atomic E-state index is -5.11. The first kappa shape index (κ1) is 44.1. The highest BCUT2D eigenvalue weighted by atomic mass is 32.1. The summed E-state index contributed by atoms with van der Waals surface area (Å²) in [5, 5.41) is 9.76. The highest BCUT2D eigenvalue weighted by Crippen LogP contribution is 2.42. The second-order valence-corrected chi connectivity index (χ2v) is 13.7. The number of thiocarbonyl (C=S) groups is 2. The van der Waals surface area contributed by atoms with Crippen LogP contribution in [0.3, 0.4) is 0 Å². The van der Waals surface area contributed by atoms with E-state index in [1.165, 1.54) is 0 Å². The maximum absolute atomic E-state index is 13.6. The van der Waals surface area contributed by atoms with E-state index < -0.39 is 58.3 Å². The van der Waals surface area contributed by atoms with Crippen molar-refractivity contribution in [3.05, 3.63) is 106 Å². The molecule has 0 heterocycles. The first-order chi connectivity index (χ1) is 25.7. The third-order valence-corrected chi connectivity index (χ3v) is 8.12. The van der Waals surface area contributed by atoms with Crippen LogP contribution < -0.4 is 21.3 Å². The molecule has 56 heavy (non-hydrogen) atoms. The molecule has 0 bridgehead atoms. The Morgan fingerprint density at radius 2 is 0.750 bits per heavy atom. The zero-order chi connectivity index (χ0) is 42.0. The van der Waals surface area contributed by atoms with Crippen LogP contribution in [0, 0.1) is 0 Å². The second-order valence-electron chi connectivity index (χ2n) is 12.9. The summed E-state index contributed by atoms with van der Waals surface area (Å²) in [6, 6.07) is 11.7. The molecule has 4 N–H and O–H groups in total. The number of hydrogen-bond donors (Lipinski definition) is 4. The van der Waals surface area contributed by atoms with Crippen LogP contribution in [-0.4, -0.2) is 48.2 Å². The fourth-order valence-corrected chi connectivity index (χ4v) is 6.02. The van der Waals surface area contributed by atoms with Crippen molar-refractivity contribution in [1.29, 1.82) is 0 Å². The van der Waals surface area contributed by atoms with E-state index in [9.17, 15) is 52.7 Å². The normalized spacial score (nSPS) is 12.5. The summed E-state index contributed by atoms with van der Waals surface area (Å²) in [6.07, 6.45) is -20.5. The van der Waals surface area contributed by atoms with Crippen molar-refractivity contribution in [3.8, 4) is 11.1 Å². The summed E-state index contributed by atoms with van der Waals surface area (Å²) in [4.78, 5) is 3.61. The van der Waals surface area contributed by atoms with Gasteiger partial charge in [0.1, 0.15) is 0 Å². The molecule has 0 atom stereocenters. The first-order valence-electron chi connectivity index (χ1n) is 16.0. The van der Waals surface area contributed by atoms with Gasteiger partial charge in [0.2, 0.25) is 0 Å². The summed E-state index contributed by atoms with van der Waals surface area (Å²) in [7, 11) is 7.04. The standard InChI is InChI=1S/C36H32F12N6S2/c1-53(2)17-19-7-5-9-27(51-31(55)49-25-13-21(33(37,38)39)11-22(14-25)34(40,41)42)29(19)30-20(18-54(3)4)8-6-10-28(30)52-32(56)50-26-15-23(35(43,44)45)12-24(16-26)36(46,47)48/h5-16H,17-18H2,1-4H3,(H2,49,51,55)(H2,50,52,56). The van der Waals surface area contributed by atoms with Crippen molar-refractivity contribution in [1.82, 2.24) is 9.80 Å². The number of rotatable bonds is 9. The average molecular weight is 841 g/mol. The molecule has 0 aromatic heterocycles. The molecule has 4 aromatic rings. The lowest BCUT2D eigenvalue weighted by Gasteiger charge is -2.25. The molecule has 20 heteroatoms. The van der Waals surface area contributed by atoms with E-state index in [1.54, 1.807) is 74.4 Å². The number of nitrogens with zero attached hydrogens (tertiary/aromatic N) is 2. The molecule has 0 aliphatic rings. The Hall–Kier alpha value is -4.66. The van der Waals surface area contributed by atoms with Gasteiger partial charge in [0, 0.05) is 47.0 Å². The van der Waals surface area contributed by atoms with Crippen molar-refractivity contribution in [2.75, 3.05) is 49.5 Å². The van der Waals surface area contributed by atoms with Gasteiger partial charge in [0.15, 0.2) is 10.2 Å². The molecule has 302 valence electrons. The molecule has 0 aliphatic carbocycles. The molecule has 0 saturated carbocycles. The van der Waals surface area contributed by atoms with Crippen LogP contribution in [-0.2, 0) is 37.8 Å². The van der Waals surface area contributed by atoms with Crippen LogP contribution in [0.1, 0.15) is 33.4 Å². The van der Waals surface area contributed by atoms with E-state index in [1.807, 2.05) is 0 Å². The van der Waals surface area contributed by atoms with Gasteiger partial charge >= 0.3 is 24.7 Å². The van der Waals surface area contributed by atoms with E-state index in [0.29, 0.717) is 46.5 Å². The summed E-state index contributed by atoms with van der Waals surface area (Å²) < 4.78 is 163. The van der Waals surface area contributed by atoms with Crippen LogP contribution >= 0.6 is 24.4 Å². The smallest absolute Gasteiger partial charge is 0.332 e. The second kappa shape index (κ2) is 16.8. The van der Waals surface area contributed by atoms with E-state index in [0.717, 1.165) is 0 Å². The monoisotopic (exact) mass is 840 g/mol. The van der Waals surface area contributed by atoms with Gasteiger partial charge < -0.3 is 31.1 Å². The fraction of sp³-hybridized carbons (Fsp3) is 0.278. The van der Waals surface area contributed by atoms with E-state index in [2.05, 4.69) is 21.3 Å². The molecular formula is C36H32F12N6S2. The van der Waals surface area contributed by atoms with Crippen LogP contribution in [0.4, 0.5) is 75.4 Å². The molecule has 6 nitrogen and oxygen atoms in total. The van der Waals surface area contributed by atoms with E-state index >= 15 is 0 Å².